The number of alkyl halides is 24. The number of carbonyl (C=O) groups is 14. The molecule has 0 aromatic heterocycles. The van der Waals surface area contributed by atoms with Crippen LogP contribution >= 0.6 is 0 Å². The fraction of sp³-hybridized carbons (Fsp3) is 0.600. The zero-order valence-corrected chi connectivity index (χ0v) is 58.0. The minimum Gasteiger partial charge on any atom is -0.466 e. The first-order valence-electron chi connectivity index (χ1n) is 29.6. The quantitative estimate of drug-likeness (QED) is 0.0508. The molecule has 52 heteroatoms. The van der Waals surface area contributed by atoms with E-state index in [9.17, 15) is 172 Å². The highest BCUT2D eigenvalue weighted by Gasteiger charge is 2.88. The van der Waals surface area contributed by atoms with E-state index in [1.54, 1.807) is 0 Å². The normalized spacial score (nSPS) is 24.8. The van der Waals surface area contributed by atoms with Crippen LogP contribution in [0.2, 0.25) is 0 Å². The Labute approximate surface area is 610 Å². The Morgan fingerprint density at radius 1 is 0.527 bits per heavy atom. The zero-order valence-electron chi connectivity index (χ0n) is 58.0. The molecule has 0 aromatic rings. The fourth-order valence-corrected chi connectivity index (χ4v) is 8.39. The van der Waals surface area contributed by atoms with Gasteiger partial charge in [0, 0.05) is 40.7 Å². The Balaban J connectivity index is 0.000000702. The first kappa shape index (κ1) is 99.6. The van der Waals surface area contributed by atoms with Crippen molar-refractivity contribution in [3.8, 4) is 0 Å². The number of esters is 14. The summed E-state index contributed by atoms with van der Waals surface area (Å²) in [7, 11) is 1.49. The Bertz CT molecular complexity index is 3700. The number of hydrogen-bond donors (Lipinski definition) is 0. The maximum absolute atomic E-state index is 14.2. The van der Waals surface area contributed by atoms with Crippen LogP contribution in [0, 0.1) is 0 Å². The van der Waals surface area contributed by atoms with Gasteiger partial charge in [0.05, 0.1) is 40.3 Å². The monoisotopic (exact) mass is 1680 g/mol. The van der Waals surface area contributed by atoms with E-state index >= 15 is 0 Å². The van der Waals surface area contributed by atoms with Crippen LogP contribution in [0.4, 0.5) is 105 Å². The van der Waals surface area contributed by atoms with Gasteiger partial charge in [-0.05, 0) is 48.5 Å². The zero-order chi connectivity index (χ0) is 88.4. The van der Waals surface area contributed by atoms with Crippen molar-refractivity contribution in [1.29, 1.82) is 0 Å². The molecular weight excluding hydrogens is 1620 g/mol. The van der Waals surface area contributed by atoms with Gasteiger partial charge in [0.15, 0.2) is 30.5 Å². The van der Waals surface area contributed by atoms with Gasteiger partial charge in [-0.1, -0.05) is 32.9 Å². The minimum atomic E-state index is -6.85. The van der Waals surface area contributed by atoms with Gasteiger partial charge in [-0.2, -0.15) is 92.2 Å². The summed E-state index contributed by atoms with van der Waals surface area (Å²) in [5.41, 5.74) is -14.3. The van der Waals surface area contributed by atoms with Gasteiger partial charge in [-0.25, -0.2) is 75.5 Å². The number of rotatable bonds is 19. The van der Waals surface area contributed by atoms with Crippen molar-refractivity contribution in [2.75, 3.05) is 34.0 Å². The summed E-state index contributed by atoms with van der Waals surface area (Å²) in [6.45, 7) is 19.5. The first-order chi connectivity index (χ1) is 50.2. The molecule has 0 saturated carbocycles. The molecular formula is C60H58F24O28. The molecule has 0 amide bonds. The van der Waals surface area contributed by atoms with E-state index in [4.69, 9.17) is 0 Å². The topological polar surface area (TPSA) is 368 Å². The van der Waals surface area contributed by atoms with Gasteiger partial charge in [0.25, 0.3) is 5.60 Å². The predicted molar refractivity (Wildman–Crippen MR) is 304 cm³/mol. The van der Waals surface area contributed by atoms with Crippen LogP contribution in [0.5, 0.6) is 0 Å². The highest BCUT2D eigenvalue weighted by atomic mass is 19.4. The average Bonchev–Trinajstić information content (AvgIpc) is 1.44. The lowest BCUT2D eigenvalue weighted by atomic mass is 9.84. The third kappa shape index (κ3) is 22.3. The molecule has 5 aliphatic rings. The van der Waals surface area contributed by atoms with Crippen LogP contribution in [0.15, 0.2) is 60.8 Å². The second-order valence-electron chi connectivity index (χ2n) is 23.4. The van der Waals surface area contributed by atoms with Crippen LogP contribution in [0.3, 0.4) is 0 Å². The number of hydrogen-bond acceptors (Lipinski definition) is 28. The number of halogens is 24. The summed E-state index contributed by atoms with van der Waals surface area (Å²) in [6.07, 6.45) is -43.2. The lowest BCUT2D eigenvalue weighted by Gasteiger charge is -2.40. The standard InChI is InChI=1S/C13H11F9O4.C12H11F5O6.2C12H12F4O6.C11H12F2O6/c1-5(2)7(23)25-9(3)4-10(15,16)11(12(17,18)19,13(20,21)22)26-8(24)6(9)14;1-5(2)9(19)22-6-3-7(18)23-8(6)12(16,17)10(20)21-4-11(13,14)15;1-5(2)8(17)21-6-4-7(11(13,14)9(18)20-3)22-10(19)12(6,15)16;1-4-20-9(18)11(13,14)7-6(21-8(17)5(2)3)12(15,16)10(19)22-7;1-6(2)7(14)19-10(8(15)17-3)4-5-18-9(16)11(10,12)13/h6H,1,4H2,2-3H3;6,8H,1,3-4H2,2H3;6-7H,1,4H2,2-3H3;6-7H,2,4H2,1,3H3;1,4-5H2,2-3H3. The Morgan fingerprint density at radius 2 is 0.964 bits per heavy atom. The molecule has 5 saturated heterocycles. The summed E-state index contributed by atoms with van der Waals surface area (Å²) in [4.78, 5) is 157. The minimum absolute atomic E-state index is 0.175. The number of carbonyl (C=O) groups excluding carboxylic acids is 14. The second kappa shape index (κ2) is 36.0. The van der Waals surface area contributed by atoms with Crippen LogP contribution < -0.4 is 0 Å². The van der Waals surface area contributed by atoms with E-state index in [1.807, 2.05) is 0 Å². The summed E-state index contributed by atoms with van der Waals surface area (Å²) in [5, 5.41) is 0. The molecule has 0 spiro atoms. The van der Waals surface area contributed by atoms with E-state index in [0.29, 0.717) is 7.11 Å². The van der Waals surface area contributed by atoms with Crippen molar-refractivity contribution in [1.82, 2.24) is 0 Å². The molecule has 0 radical (unpaired) electrons. The number of ether oxygens (including phenoxy) is 14. The SMILES string of the molecule is C=C(C)C(=O)OC1(C(=O)OC)CCOC(=O)C1(F)F.C=C(C)C(=O)OC1(C)CC(F)(F)C(C(F)(F)F)(C(F)(F)F)OC(=O)C1F.C=C(C)C(=O)OC1C(C(F)(F)C(=O)OCC)OC(=O)C1(F)F.C=C(C)C(=O)OC1CC(=O)OC1C(F)(F)C(=O)OCC(F)(F)F.C=C(C)C(=O)OC1CC(C(F)(F)C(=O)OC)OC(=O)C1(F)F. The van der Waals surface area contributed by atoms with E-state index in [2.05, 4.69) is 99.2 Å². The van der Waals surface area contributed by atoms with Gasteiger partial charge >= 0.3 is 149 Å². The highest BCUT2D eigenvalue weighted by Crippen LogP contribution is 2.59. The Kier molecular flexibility index (Phi) is 32.0. The van der Waals surface area contributed by atoms with Gasteiger partial charge in [0.2, 0.25) is 24.5 Å². The maximum atomic E-state index is 14.2. The lowest BCUT2D eigenvalue weighted by molar-refractivity contribution is -0.421. The predicted octanol–water partition coefficient (Wildman–Crippen LogP) is 8.25. The average molecular weight is 1680 g/mol. The Morgan fingerprint density at radius 3 is 1.40 bits per heavy atom. The van der Waals surface area contributed by atoms with Crippen LogP contribution in [0.25, 0.3) is 0 Å². The molecule has 5 rings (SSSR count). The second-order valence-corrected chi connectivity index (χ2v) is 23.4. The van der Waals surface area contributed by atoms with Crippen molar-refractivity contribution in [3.63, 3.8) is 0 Å². The molecule has 0 aromatic carbocycles. The molecule has 9 atom stereocenters. The summed E-state index contributed by atoms with van der Waals surface area (Å²) < 4.78 is 377. The fourth-order valence-electron chi connectivity index (χ4n) is 8.39. The number of cyclic esters (lactones) is 5. The van der Waals surface area contributed by atoms with Crippen LogP contribution in [0.1, 0.15) is 74.1 Å². The van der Waals surface area contributed by atoms with Gasteiger partial charge in [-0.3, -0.25) is 4.79 Å². The van der Waals surface area contributed by atoms with Crippen molar-refractivity contribution in [2.24, 2.45) is 0 Å². The van der Waals surface area contributed by atoms with Gasteiger partial charge in [0.1, 0.15) is 0 Å². The maximum Gasteiger partial charge on any atom is 0.444 e. The van der Waals surface area contributed by atoms with E-state index in [0.717, 1.165) is 27.9 Å². The van der Waals surface area contributed by atoms with Crippen molar-refractivity contribution < 1.29 is 239 Å². The molecule has 112 heavy (non-hydrogen) atoms. The molecule has 5 aliphatic heterocycles. The van der Waals surface area contributed by atoms with Gasteiger partial charge in [-0.15, -0.1) is 0 Å². The number of methoxy groups -OCH3 is 2. The molecule has 0 bridgehead atoms. The molecule has 5 fully saturated rings. The molecule has 5 heterocycles. The Hall–Kier alpha value is -10.4. The summed E-state index contributed by atoms with van der Waals surface area (Å²) in [5.74, 6) is -58.5. The van der Waals surface area contributed by atoms with Crippen LogP contribution in [-0.4, -0.2) is 237 Å². The van der Waals surface area contributed by atoms with Crippen molar-refractivity contribution >= 4 is 83.6 Å². The summed E-state index contributed by atoms with van der Waals surface area (Å²) in [6, 6.07) is 0. The summed E-state index contributed by atoms with van der Waals surface area (Å²) >= 11 is 0. The van der Waals surface area contributed by atoms with Crippen molar-refractivity contribution in [3.05, 3.63) is 60.8 Å². The smallest absolute Gasteiger partial charge is 0.444 e. The third-order valence-electron chi connectivity index (χ3n) is 14.1. The van der Waals surface area contributed by atoms with Crippen LogP contribution in [-0.2, 0) is 133 Å². The third-order valence-corrected chi connectivity index (χ3v) is 14.1. The van der Waals surface area contributed by atoms with E-state index < -0.39 is 254 Å². The molecule has 634 valence electrons. The highest BCUT2D eigenvalue weighted by molar-refractivity contribution is 5.97. The van der Waals surface area contributed by atoms with E-state index in [1.165, 1.54) is 20.8 Å². The lowest BCUT2D eigenvalue weighted by Crippen LogP contribution is -2.69. The van der Waals surface area contributed by atoms with Crippen molar-refractivity contribution in [2.45, 2.75) is 194 Å². The first-order valence-corrected chi connectivity index (χ1v) is 29.6. The van der Waals surface area contributed by atoms with Gasteiger partial charge < -0.3 is 66.3 Å². The van der Waals surface area contributed by atoms with E-state index in [-0.39, 0.29) is 29.2 Å². The molecule has 0 N–H and O–H groups in total. The molecule has 9 unspecified atom stereocenters. The largest absolute Gasteiger partial charge is 0.466 e. The molecule has 28 nitrogen and oxygen atoms in total. The molecule has 0 aliphatic carbocycles.